The lowest BCUT2D eigenvalue weighted by Crippen LogP contribution is -2.40. The van der Waals surface area contributed by atoms with Crippen LogP contribution in [0.15, 0.2) is 66.7 Å². The van der Waals surface area contributed by atoms with Crippen molar-refractivity contribution in [1.29, 1.82) is 0 Å². The highest BCUT2D eigenvalue weighted by molar-refractivity contribution is 6.30. The molecule has 0 aliphatic carbocycles. The summed E-state index contributed by atoms with van der Waals surface area (Å²) in [5.41, 5.74) is 2.75. The number of likely N-dealkylation sites (tertiary alicyclic amines) is 1. The predicted molar refractivity (Wildman–Crippen MR) is 154 cm³/mol. The van der Waals surface area contributed by atoms with Crippen molar-refractivity contribution in [3.63, 3.8) is 0 Å². The number of esters is 2. The van der Waals surface area contributed by atoms with Crippen molar-refractivity contribution in [2.75, 3.05) is 33.9 Å². The summed E-state index contributed by atoms with van der Waals surface area (Å²) in [6.45, 7) is 1.68. The van der Waals surface area contributed by atoms with Gasteiger partial charge in [-0.1, -0.05) is 35.9 Å². The Bertz CT molecular complexity index is 1330. The van der Waals surface area contributed by atoms with E-state index in [9.17, 15) is 14.4 Å². The monoisotopic (exact) mass is 579 g/mol. The Hall–Kier alpha value is -4.04. The quantitative estimate of drug-likeness (QED) is 0.211. The van der Waals surface area contributed by atoms with Crippen LogP contribution >= 0.6 is 11.6 Å². The zero-order chi connectivity index (χ0) is 29.2. The minimum atomic E-state index is -0.532. The Morgan fingerprint density at radius 3 is 2.20 bits per heavy atom. The molecule has 0 saturated carbocycles. The maximum Gasteiger partial charge on any atom is 0.337 e. The smallest absolute Gasteiger partial charge is 0.337 e. The van der Waals surface area contributed by atoms with E-state index in [1.165, 1.54) is 20.3 Å². The third kappa shape index (κ3) is 8.24. The number of piperidine rings is 1. The second kappa shape index (κ2) is 14.6. The molecule has 0 bridgehead atoms. The largest absolute Gasteiger partial charge is 0.493 e. The lowest BCUT2D eigenvalue weighted by molar-refractivity contribution is -0.146. The molecule has 1 aliphatic rings. The number of halogens is 1. The number of carbonyl (C=O) groups excluding carboxylic acids is 3. The van der Waals surface area contributed by atoms with E-state index in [0.717, 1.165) is 29.7 Å². The van der Waals surface area contributed by atoms with Crippen molar-refractivity contribution in [3.8, 4) is 11.5 Å². The summed E-state index contributed by atoms with van der Waals surface area (Å²) in [5.74, 6) is -0.0637. The normalized spacial score (nSPS) is 13.4. The fraction of sp³-hybridized carbons (Fsp3) is 0.344. The number of hydrogen-bond donors (Lipinski definition) is 0. The van der Waals surface area contributed by atoms with Crippen LogP contribution in [0.1, 0.15) is 51.1 Å². The van der Waals surface area contributed by atoms with Gasteiger partial charge in [-0.2, -0.15) is 0 Å². The van der Waals surface area contributed by atoms with E-state index in [1.807, 2.05) is 48.5 Å². The van der Waals surface area contributed by atoms with Gasteiger partial charge in [0.05, 0.1) is 37.9 Å². The predicted octanol–water partition coefficient (Wildman–Crippen LogP) is 5.74. The molecule has 0 atom stereocenters. The van der Waals surface area contributed by atoms with Crippen molar-refractivity contribution in [1.82, 2.24) is 4.90 Å². The topological polar surface area (TPSA) is 91.4 Å². The Labute approximate surface area is 245 Å². The van der Waals surface area contributed by atoms with Crippen molar-refractivity contribution in [2.45, 2.75) is 32.3 Å². The second-order valence-corrected chi connectivity index (χ2v) is 10.2. The minimum absolute atomic E-state index is 0.217. The Morgan fingerprint density at radius 1 is 0.854 bits per heavy atom. The van der Waals surface area contributed by atoms with E-state index in [1.54, 1.807) is 17.0 Å². The maximum atomic E-state index is 13.4. The first-order chi connectivity index (χ1) is 19.9. The van der Waals surface area contributed by atoms with Crippen molar-refractivity contribution >= 4 is 29.4 Å². The molecule has 9 heteroatoms. The van der Waals surface area contributed by atoms with Crippen molar-refractivity contribution in [2.24, 2.45) is 5.92 Å². The molecule has 3 aromatic carbocycles. The molecular weight excluding hydrogens is 546 g/mol. The molecule has 216 valence electrons. The fourth-order valence-corrected chi connectivity index (χ4v) is 4.81. The molecule has 41 heavy (non-hydrogen) atoms. The number of aryl methyl sites for hydroxylation is 1. The number of ether oxygens (including phenoxy) is 4. The van der Waals surface area contributed by atoms with Crippen LogP contribution in [0.25, 0.3) is 0 Å². The molecule has 1 amide bonds. The van der Waals surface area contributed by atoms with E-state index in [4.69, 9.17) is 30.5 Å². The first-order valence-electron chi connectivity index (χ1n) is 13.6. The molecule has 1 saturated heterocycles. The standard InChI is InChI=1S/C32H34ClNO7/c1-38-31(36)24-15-17-34(18-16-24)30(35)28-20-25(32(37)39-2)9-14-29(28)40-19-3-4-22-7-12-27(13-8-22)41-21-23-5-10-26(33)11-6-23/h5-14,20,24H,3-4,15-19,21H2,1-2H3. The Kier molecular flexibility index (Phi) is 10.6. The van der Waals surface area contributed by atoms with Gasteiger partial charge in [0, 0.05) is 18.1 Å². The molecule has 1 aliphatic heterocycles. The van der Waals surface area contributed by atoms with Gasteiger partial charge in [0.15, 0.2) is 0 Å². The lowest BCUT2D eigenvalue weighted by Gasteiger charge is -2.31. The highest BCUT2D eigenvalue weighted by atomic mass is 35.5. The van der Waals surface area contributed by atoms with E-state index < -0.39 is 5.97 Å². The zero-order valence-corrected chi connectivity index (χ0v) is 24.0. The molecule has 1 heterocycles. The number of rotatable bonds is 11. The number of benzene rings is 3. The summed E-state index contributed by atoms with van der Waals surface area (Å²) in [4.78, 5) is 39.1. The molecule has 0 N–H and O–H groups in total. The molecule has 4 rings (SSSR count). The van der Waals surface area contributed by atoms with Crippen LogP contribution in [0, 0.1) is 5.92 Å². The average molecular weight is 580 g/mol. The van der Waals surface area contributed by atoms with Gasteiger partial charge in [-0.25, -0.2) is 4.79 Å². The van der Waals surface area contributed by atoms with Gasteiger partial charge < -0.3 is 23.8 Å². The molecule has 0 spiro atoms. The average Bonchev–Trinajstić information content (AvgIpc) is 3.02. The van der Waals surface area contributed by atoms with Crippen molar-refractivity contribution in [3.05, 3.63) is 94.0 Å². The van der Waals surface area contributed by atoms with Gasteiger partial charge >= 0.3 is 11.9 Å². The number of methoxy groups -OCH3 is 2. The number of hydrogen-bond acceptors (Lipinski definition) is 7. The Morgan fingerprint density at radius 2 is 1.54 bits per heavy atom. The molecule has 0 aromatic heterocycles. The van der Waals surface area contributed by atoms with Gasteiger partial charge in [-0.05, 0) is 79.3 Å². The molecule has 8 nitrogen and oxygen atoms in total. The number of nitrogens with zero attached hydrogens (tertiary/aromatic N) is 1. The van der Waals surface area contributed by atoms with Crippen LogP contribution in [-0.2, 0) is 27.3 Å². The third-order valence-electron chi connectivity index (χ3n) is 7.06. The van der Waals surface area contributed by atoms with E-state index in [2.05, 4.69) is 0 Å². The van der Waals surface area contributed by atoms with Crippen LogP contribution < -0.4 is 9.47 Å². The summed E-state index contributed by atoms with van der Waals surface area (Å²) in [6.07, 6.45) is 2.55. The molecule has 0 radical (unpaired) electrons. The van der Waals surface area contributed by atoms with E-state index in [0.29, 0.717) is 55.5 Å². The van der Waals surface area contributed by atoms with Crippen molar-refractivity contribution < 1.29 is 33.3 Å². The second-order valence-electron chi connectivity index (χ2n) is 9.80. The highest BCUT2D eigenvalue weighted by Gasteiger charge is 2.30. The SMILES string of the molecule is COC(=O)c1ccc(OCCCc2ccc(OCc3ccc(Cl)cc3)cc2)c(C(=O)N2CCC(C(=O)OC)CC2)c1. The highest BCUT2D eigenvalue weighted by Crippen LogP contribution is 2.26. The molecule has 1 fully saturated rings. The first-order valence-corrected chi connectivity index (χ1v) is 13.9. The minimum Gasteiger partial charge on any atom is -0.493 e. The summed E-state index contributed by atoms with van der Waals surface area (Å²) < 4.78 is 21.6. The van der Waals surface area contributed by atoms with Gasteiger partial charge in [0.25, 0.3) is 5.91 Å². The number of carbonyl (C=O) groups is 3. The van der Waals surface area contributed by atoms with Crippen LogP contribution in [0.3, 0.4) is 0 Å². The van der Waals surface area contributed by atoms with Gasteiger partial charge in [0.2, 0.25) is 0 Å². The molecule has 3 aromatic rings. The molecular formula is C32H34ClNO7. The summed E-state index contributed by atoms with van der Waals surface area (Å²) in [6, 6.07) is 20.2. The van der Waals surface area contributed by atoms with E-state index >= 15 is 0 Å². The third-order valence-corrected chi connectivity index (χ3v) is 7.31. The van der Waals surface area contributed by atoms with Crippen LogP contribution in [-0.4, -0.2) is 56.7 Å². The first kappa shape index (κ1) is 29.9. The fourth-order valence-electron chi connectivity index (χ4n) is 4.68. The van der Waals surface area contributed by atoms with Gasteiger partial charge in [-0.3, -0.25) is 9.59 Å². The van der Waals surface area contributed by atoms with Crippen LogP contribution in [0.4, 0.5) is 0 Å². The van der Waals surface area contributed by atoms with Gasteiger partial charge in [0.1, 0.15) is 18.1 Å². The summed E-state index contributed by atoms with van der Waals surface area (Å²) >= 11 is 5.93. The zero-order valence-electron chi connectivity index (χ0n) is 23.3. The maximum absolute atomic E-state index is 13.4. The van der Waals surface area contributed by atoms with Gasteiger partial charge in [-0.15, -0.1) is 0 Å². The summed E-state index contributed by atoms with van der Waals surface area (Å²) in [7, 11) is 2.67. The number of amides is 1. The van der Waals surface area contributed by atoms with Crippen LogP contribution in [0.5, 0.6) is 11.5 Å². The Balaban J connectivity index is 1.32. The van der Waals surface area contributed by atoms with Crippen LogP contribution in [0.2, 0.25) is 5.02 Å². The van der Waals surface area contributed by atoms with E-state index in [-0.39, 0.29) is 23.4 Å². The molecule has 0 unspecified atom stereocenters. The lowest BCUT2D eigenvalue weighted by atomic mass is 9.96. The summed E-state index contributed by atoms with van der Waals surface area (Å²) in [5, 5.41) is 0.695.